The Kier molecular flexibility index (Phi) is 9.41. The number of aromatic nitrogens is 1. The number of ether oxygens (including phenoxy) is 1. The molecule has 1 N–H and O–H groups in total. The van der Waals surface area contributed by atoms with Gasteiger partial charge in [0.25, 0.3) is 0 Å². The van der Waals surface area contributed by atoms with E-state index in [1.165, 1.54) is 16.5 Å². The van der Waals surface area contributed by atoms with Crippen LogP contribution in [-0.2, 0) is 13.2 Å². The number of nitrogens with zero attached hydrogens (tertiary/aromatic N) is 1. The fourth-order valence-corrected chi connectivity index (χ4v) is 2.46. The number of nitrogens with one attached hydrogen (secondary N) is 1. The predicted molar refractivity (Wildman–Crippen MR) is 109 cm³/mol. The molecule has 3 rings (SSSR count). The number of aromatic amines is 1. The van der Waals surface area contributed by atoms with Gasteiger partial charge in [-0.2, -0.15) is 0 Å². The van der Waals surface area contributed by atoms with Crippen molar-refractivity contribution in [3.8, 4) is 5.75 Å². The summed E-state index contributed by atoms with van der Waals surface area (Å²) in [6, 6.07) is 16.4. The smallest absolute Gasteiger partial charge is 0.120 e. The van der Waals surface area contributed by atoms with Crippen LogP contribution in [0, 0.1) is 0 Å². The monoisotopic (exact) mass is 340 g/mol. The predicted octanol–water partition coefficient (Wildman–Crippen LogP) is 5.86. The van der Waals surface area contributed by atoms with Gasteiger partial charge in [-0.1, -0.05) is 58.0 Å². The minimum absolute atomic E-state index is 0.597. The van der Waals surface area contributed by atoms with Crippen LogP contribution in [0.15, 0.2) is 54.7 Å². The first-order chi connectivity index (χ1) is 12.2. The van der Waals surface area contributed by atoms with Crippen molar-refractivity contribution >= 4 is 10.9 Å². The minimum atomic E-state index is 0.597. The molecule has 3 aromatic rings. The maximum absolute atomic E-state index is 5.90. The van der Waals surface area contributed by atoms with Gasteiger partial charge in [-0.15, -0.1) is 0 Å². The van der Waals surface area contributed by atoms with E-state index in [2.05, 4.69) is 54.4 Å². The number of rotatable bonds is 5. The molecular formula is C22H32N2O. The molecule has 25 heavy (non-hydrogen) atoms. The molecule has 0 unspecified atom stereocenters. The zero-order chi connectivity index (χ0) is 18.7. The second kappa shape index (κ2) is 11.3. The minimum Gasteiger partial charge on any atom is -0.489 e. The number of H-pyrrole nitrogens is 1. The molecule has 0 aliphatic rings. The summed E-state index contributed by atoms with van der Waals surface area (Å²) >= 11 is 0. The van der Waals surface area contributed by atoms with Gasteiger partial charge in [0.2, 0.25) is 0 Å². The van der Waals surface area contributed by atoms with E-state index in [9.17, 15) is 0 Å². The topological polar surface area (TPSA) is 28.3 Å². The van der Waals surface area contributed by atoms with E-state index < -0.39 is 0 Å². The Morgan fingerprint density at radius 2 is 1.60 bits per heavy atom. The molecule has 1 heterocycles. The second-order valence-corrected chi connectivity index (χ2v) is 5.53. The number of benzene rings is 2. The van der Waals surface area contributed by atoms with Gasteiger partial charge >= 0.3 is 0 Å². The highest BCUT2D eigenvalue weighted by Crippen LogP contribution is 2.25. The number of hydrogen-bond acceptors (Lipinski definition) is 2. The normalized spacial score (nSPS) is 9.88. The molecule has 0 bridgehead atoms. The lowest BCUT2D eigenvalue weighted by Crippen LogP contribution is -2.10. The molecule has 0 atom stereocenters. The van der Waals surface area contributed by atoms with Crippen molar-refractivity contribution in [3.05, 3.63) is 65.9 Å². The zero-order valence-electron chi connectivity index (χ0n) is 16.5. The molecule has 0 spiro atoms. The van der Waals surface area contributed by atoms with E-state index in [0.717, 1.165) is 17.8 Å². The van der Waals surface area contributed by atoms with E-state index in [0.29, 0.717) is 6.61 Å². The van der Waals surface area contributed by atoms with Crippen molar-refractivity contribution in [1.29, 1.82) is 0 Å². The van der Waals surface area contributed by atoms with Crippen LogP contribution in [0.5, 0.6) is 5.75 Å². The summed E-state index contributed by atoms with van der Waals surface area (Å²) in [7, 11) is 4.16. The van der Waals surface area contributed by atoms with E-state index >= 15 is 0 Å². The third kappa shape index (κ3) is 6.28. The van der Waals surface area contributed by atoms with Crippen molar-refractivity contribution in [1.82, 2.24) is 9.88 Å². The molecule has 0 fully saturated rings. The Morgan fingerprint density at radius 3 is 2.24 bits per heavy atom. The largest absolute Gasteiger partial charge is 0.489 e. The van der Waals surface area contributed by atoms with Crippen molar-refractivity contribution in [2.24, 2.45) is 0 Å². The van der Waals surface area contributed by atoms with Crippen LogP contribution in [0.3, 0.4) is 0 Å². The van der Waals surface area contributed by atoms with Gasteiger partial charge in [-0.3, -0.25) is 0 Å². The first kappa shape index (κ1) is 20.8. The summed E-state index contributed by atoms with van der Waals surface area (Å²) in [5.74, 6) is 0.908. The van der Waals surface area contributed by atoms with Gasteiger partial charge in [0.15, 0.2) is 0 Å². The summed E-state index contributed by atoms with van der Waals surface area (Å²) in [5.41, 5.74) is 3.62. The lowest BCUT2D eigenvalue weighted by Gasteiger charge is -2.09. The zero-order valence-corrected chi connectivity index (χ0v) is 16.5. The van der Waals surface area contributed by atoms with Crippen molar-refractivity contribution in [2.75, 3.05) is 14.1 Å². The Morgan fingerprint density at radius 1 is 0.920 bits per heavy atom. The standard InChI is InChI=1S/C18H20N2O.2C2H6/c1-20(2)12-15-11-19-18-9-8-16(10-17(15)18)21-13-14-6-4-3-5-7-14;2*1-2/h3-11,19H,12-13H2,1-2H3;2*1-2H3. The quantitative estimate of drug-likeness (QED) is 0.630. The summed E-state index contributed by atoms with van der Waals surface area (Å²) in [6.45, 7) is 9.52. The van der Waals surface area contributed by atoms with Gasteiger partial charge in [0, 0.05) is 23.6 Å². The van der Waals surface area contributed by atoms with E-state index in [1.54, 1.807) is 0 Å². The number of hydrogen-bond donors (Lipinski definition) is 1. The third-order valence-corrected chi connectivity index (χ3v) is 3.47. The Hall–Kier alpha value is -2.26. The van der Waals surface area contributed by atoms with E-state index in [1.807, 2.05) is 52.0 Å². The molecule has 0 radical (unpaired) electrons. The number of fused-ring (bicyclic) bond motifs is 1. The molecule has 0 saturated carbocycles. The summed E-state index contributed by atoms with van der Waals surface area (Å²) in [5, 5.41) is 1.23. The lowest BCUT2D eigenvalue weighted by molar-refractivity contribution is 0.306. The van der Waals surface area contributed by atoms with Crippen LogP contribution < -0.4 is 4.74 Å². The molecule has 2 aromatic carbocycles. The Bertz CT molecular complexity index is 717. The van der Waals surface area contributed by atoms with Crippen molar-refractivity contribution in [3.63, 3.8) is 0 Å². The highest BCUT2D eigenvalue weighted by atomic mass is 16.5. The lowest BCUT2D eigenvalue weighted by atomic mass is 10.1. The molecule has 0 aliphatic carbocycles. The first-order valence-electron chi connectivity index (χ1n) is 9.14. The average Bonchev–Trinajstić information content (AvgIpc) is 3.06. The fourth-order valence-electron chi connectivity index (χ4n) is 2.46. The molecule has 1 aromatic heterocycles. The molecule has 136 valence electrons. The molecule has 0 amide bonds. The van der Waals surface area contributed by atoms with Crippen LogP contribution in [0.4, 0.5) is 0 Å². The molecule has 3 nitrogen and oxygen atoms in total. The molecule has 0 aliphatic heterocycles. The second-order valence-electron chi connectivity index (χ2n) is 5.53. The van der Waals surface area contributed by atoms with Crippen LogP contribution in [0.2, 0.25) is 0 Å². The van der Waals surface area contributed by atoms with Crippen LogP contribution in [0.25, 0.3) is 10.9 Å². The Labute approximate surface area is 152 Å². The molecule has 3 heteroatoms. The van der Waals surface area contributed by atoms with Crippen LogP contribution >= 0.6 is 0 Å². The Balaban J connectivity index is 0.000000730. The maximum atomic E-state index is 5.90. The first-order valence-corrected chi connectivity index (χ1v) is 9.14. The summed E-state index contributed by atoms with van der Waals surface area (Å²) in [6.07, 6.45) is 2.08. The van der Waals surface area contributed by atoms with Crippen LogP contribution in [0.1, 0.15) is 38.8 Å². The highest BCUT2D eigenvalue weighted by Gasteiger charge is 2.06. The molecule has 0 saturated heterocycles. The average molecular weight is 341 g/mol. The highest BCUT2D eigenvalue weighted by molar-refractivity contribution is 5.84. The van der Waals surface area contributed by atoms with E-state index in [4.69, 9.17) is 4.74 Å². The van der Waals surface area contributed by atoms with Crippen molar-refractivity contribution < 1.29 is 4.74 Å². The van der Waals surface area contributed by atoms with Crippen LogP contribution in [-0.4, -0.2) is 24.0 Å². The van der Waals surface area contributed by atoms with Gasteiger partial charge in [0.1, 0.15) is 12.4 Å². The fraction of sp³-hybridized carbons (Fsp3) is 0.364. The van der Waals surface area contributed by atoms with Gasteiger partial charge < -0.3 is 14.6 Å². The van der Waals surface area contributed by atoms with Crippen molar-refractivity contribution in [2.45, 2.75) is 40.8 Å². The molecular weight excluding hydrogens is 308 g/mol. The SMILES string of the molecule is CC.CC.CN(C)Cc1c[nH]c2ccc(OCc3ccccc3)cc12. The summed E-state index contributed by atoms with van der Waals surface area (Å²) < 4.78 is 5.90. The summed E-state index contributed by atoms with van der Waals surface area (Å²) in [4.78, 5) is 5.48. The maximum Gasteiger partial charge on any atom is 0.120 e. The van der Waals surface area contributed by atoms with Gasteiger partial charge in [-0.05, 0) is 43.4 Å². The van der Waals surface area contributed by atoms with Gasteiger partial charge in [0.05, 0.1) is 0 Å². The van der Waals surface area contributed by atoms with Gasteiger partial charge in [-0.25, -0.2) is 0 Å². The van der Waals surface area contributed by atoms with E-state index in [-0.39, 0.29) is 0 Å². The third-order valence-electron chi connectivity index (χ3n) is 3.47.